The van der Waals surface area contributed by atoms with E-state index in [4.69, 9.17) is 16.6 Å². The fourth-order valence-corrected chi connectivity index (χ4v) is 5.34. The average molecular weight is 474 g/mol. The van der Waals surface area contributed by atoms with Gasteiger partial charge in [0.1, 0.15) is 5.01 Å². The van der Waals surface area contributed by atoms with Gasteiger partial charge >= 0.3 is 0 Å². The second kappa shape index (κ2) is 9.86. The van der Waals surface area contributed by atoms with E-state index in [0.29, 0.717) is 16.5 Å². The van der Waals surface area contributed by atoms with E-state index in [9.17, 15) is 4.79 Å². The van der Waals surface area contributed by atoms with Gasteiger partial charge in [-0.2, -0.15) is 0 Å². The summed E-state index contributed by atoms with van der Waals surface area (Å²) in [5.74, 6) is 0.683. The molecular weight excluding hydrogens is 450 g/mol. The highest BCUT2D eigenvalue weighted by Gasteiger charge is 2.26. The fourth-order valence-electron chi connectivity index (χ4n) is 4.36. The molecule has 3 heterocycles. The zero-order chi connectivity index (χ0) is 22.6. The van der Waals surface area contributed by atoms with E-state index in [0.717, 1.165) is 54.2 Å². The van der Waals surface area contributed by atoms with Crippen molar-refractivity contribution in [3.8, 4) is 21.8 Å². The number of likely N-dealkylation sites (tertiary alicyclic amines) is 1. The first kappa shape index (κ1) is 21.8. The van der Waals surface area contributed by atoms with Gasteiger partial charge in [-0.3, -0.25) is 9.78 Å². The lowest BCUT2D eigenvalue weighted by Gasteiger charge is -2.32. The minimum atomic E-state index is 0.0637. The summed E-state index contributed by atoms with van der Waals surface area (Å²) in [6, 6.07) is 20.1. The molecule has 4 aromatic rings. The maximum absolute atomic E-state index is 13.4. The standard InChI is InChI=1S/C27H24ClN3OS/c28-22-8-6-21(7-9-22)25-18-33-26(30-25)24-17-29-13-10-23(24)27(32)31-14-11-20(12-15-31)16-19-4-2-1-3-5-19/h1-10,13,17-18,20H,11-12,14-16H2. The lowest BCUT2D eigenvalue weighted by Crippen LogP contribution is -2.39. The van der Waals surface area contributed by atoms with Crippen LogP contribution in [0.15, 0.2) is 78.4 Å². The first-order chi connectivity index (χ1) is 16.2. The molecule has 0 bridgehead atoms. The van der Waals surface area contributed by atoms with Crippen LogP contribution in [0.3, 0.4) is 0 Å². The van der Waals surface area contributed by atoms with E-state index < -0.39 is 0 Å². The number of nitrogens with zero attached hydrogens (tertiary/aromatic N) is 3. The molecule has 2 aromatic carbocycles. The second-order valence-electron chi connectivity index (χ2n) is 8.39. The van der Waals surface area contributed by atoms with Crippen LogP contribution in [0.2, 0.25) is 5.02 Å². The minimum absolute atomic E-state index is 0.0637. The molecule has 33 heavy (non-hydrogen) atoms. The molecule has 0 aliphatic carbocycles. The predicted octanol–water partition coefficient (Wildman–Crippen LogP) is 6.62. The molecule has 0 atom stereocenters. The molecule has 5 rings (SSSR count). The largest absolute Gasteiger partial charge is 0.339 e. The van der Waals surface area contributed by atoms with Gasteiger partial charge in [-0.25, -0.2) is 4.98 Å². The smallest absolute Gasteiger partial charge is 0.254 e. The van der Waals surface area contributed by atoms with Gasteiger partial charge in [-0.05, 0) is 48.9 Å². The first-order valence-electron chi connectivity index (χ1n) is 11.2. The summed E-state index contributed by atoms with van der Waals surface area (Å²) in [4.78, 5) is 24.5. The van der Waals surface area contributed by atoms with Crippen molar-refractivity contribution in [2.24, 2.45) is 5.92 Å². The van der Waals surface area contributed by atoms with Gasteiger partial charge in [0, 0.05) is 47.0 Å². The molecule has 1 aliphatic rings. The van der Waals surface area contributed by atoms with Crippen LogP contribution in [0.5, 0.6) is 0 Å². The monoisotopic (exact) mass is 473 g/mol. The normalized spacial score (nSPS) is 14.4. The summed E-state index contributed by atoms with van der Waals surface area (Å²) in [6.07, 6.45) is 6.57. The molecule has 1 fully saturated rings. The van der Waals surface area contributed by atoms with Crippen molar-refractivity contribution >= 4 is 28.8 Å². The van der Waals surface area contributed by atoms with Crippen LogP contribution < -0.4 is 0 Å². The van der Waals surface area contributed by atoms with Crippen molar-refractivity contribution in [1.29, 1.82) is 0 Å². The van der Waals surface area contributed by atoms with E-state index in [-0.39, 0.29) is 5.91 Å². The van der Waals surface area contributed by atoms with Crippen molar-refractivity contribution < 1.29 is 4.79 Å². The lowest BCUT2D eigenvalue weighted by atomic mass is 9.90. The Bertz CT molecular complexity index is 1230. The molecule has 6 heteroatoms. The number of benzene rings is 2. The van der Waals surface area contributed by atoms with Crippen molar-refractivity contribution in [2.45, 2.75) is 19.3 Å². The highest BCUT2D eigenvalue weighted by molar-refractivity contribution is 7.13. The highest BCUT2D eigenvalue weighted by atomic mass is 35.5. The summed E-state index contributed by atoms with van der Waals surface area (Å²) in [5, 5.41) is 3.51. The Morgan fingerprint density at radius 1 is 1.03 bits per heavy atom. The van der Waals surface area contributed by atoms with Crippen molar-refractivity contribution in [3.05, 3.63) is 94.6 Å². The van der Waals surface area contributed by atoms with Crippen molar-refractivity contribution in [2.75, 3.05) is 13.1 Å². The summed E-state index contributed by atoms with van der Waals surface area (Å²) >= 11 is 7.54. The summed E-state index contributed by atoms with van der Waals surface area (Å²) in [5.41, 5.74) is 4.70. The molecular formula is C27H24ClN3OS. The molecule has 0 saturated carbocycles. The number of piperidine rings is 1. The average Bonchev–Trinajstić information content (AvgIpc) is 3.35. The van der Waals surface area contributed by atoms with E-state index in [2.05, 4.69) is 35.3 Å². The maximum Gasteiger partial charge on any atom is 0.254 e. The van der Waals surface area contributed by atoms with Crippen LogP contribution in [0.4, 0.5) is 0 Å². The zero-order valence-electron chi connectivity index (χ0n) is 18.2. The molecule has 1 aliphatic heterocycles. The van der Waals surface area contributed by atoms with E-state index >= 15 is 0 Å². The van der Waals surface area contributed by atoms with Gasteiger partial charge in [0.2, 0.25) is 0 Å². The molecule has 2 aromatic heterocycles. The number of carbonyl (C=O) groups is 1. The maximum atomic E-state index is 13.4. The van der Waals surface area contributed by atoms with Gasteiger partial charge in [-0.1, -0.05) is 54.1 Å². The number of thiazole rings is 1. The summed E-state index contributed by atoms with van der Waals surface area (Å²) in [7, 11) is 0. The number of hydrogen-bond acceptors (Lipinski definition) is 4. The van der Waals surface area contributed by atoms with Crippen LogP contribution in [-0.2, 0) is 6.42 Å². The van der Waals surface area contributed by atoms with Crippen LogP contribution in [0.1, 0.15) is 28.8 Å². The molecule has 1 saturated heterocycles. The highest BCUT2D eigenvalue weighted by Crippen LogP contribution is 2.32. The Balaban J connectivity index is 1.30. The SMILES string of the molecule is O=C(c1ccncc1-c1nc(-c2ccc(Cl)cc2)cs1)N1CCC(Cc2ccccc2)CC1. The van der Waals surface area contributed by atoms with Gasteiger partial charge < -0.3 is 4.90 Å². The predicted molar refractivity (Wildman–Crippen MR) is 135 cm³/mol. The quantitative estimate of drug-likeness (QED) is 0.327. The minimum Gasteiger partial charge on any atom is -0.339 e. The Morgan fingerprint density at radius 3 is 2.55 bits per heavy atom. The molecule has 0 radical (unpaired) electrons. The number of amides is 1. The van der Waals surface area contributed by atoms with E-state index in [1.807, 2.05) is 40.6 Å². The van der Waals surface area contributed by atoms with Crippen molar-refractivity contribution in [3.63, 3.8) is 0 Å². The summed E-state index contributed by atoms with van der Waals surface area (Å²) < 4.78 is 0. The summed E-state index contributed by atoms with van der Waals surface area (Å²) in [6.45, 7) is 1.57. The number of halogens is 1. The Hall–Kier alpha value is -3.02. The van der Waals surface area contributed by atoms with Gasteiger partial charge in [-0.15, -0.1) is 11.3 Å². The third-order valence-corrected chi connectivity index (χ3v) is 7.32. The fraction of sp³-hybridized carbons (Fsp3) is 0.222. The molecule has 4 nitrogen and oxygen atoms in total. The van der Waals surface area contributed by atoms with Crippen LogP contribution in [0.25, 0.3) is 21.8 Å². The van der Waals surface area contributed by atoms with Gasteiger partial charge in [0.05, 0.1) is 11.3 Å². The number of carbonyl (C=O) groups excluding carboxylic acids is 1. The van der Waals surface area contributed by atoms with E-state index in [1.54, 1.807) is 12.4 Å². The Kier molecular flexibility index (Phi) is 6.51. The third-order valence-electron chi connectivity index (χ3n) is 6.20. The van der Waals surface area contributed by atoms with Gasteiger partial charge in [0.25, 0.3) is 5.91 Å². The number of pyridine rings is 1. The zero-order valence-corrected chi connectivity index (χ0v) is 19.7. The molecule has 0 N–H and O–H groups in total. The number of rotatable bonds is 5. The van der Waals surface area contributed by atoms with Crippen molar-refractivity contribution in [1.82, 2.24) is 14.9 Å². The molecule has 1 amide bonds. The van der Waals surface area contributed by atoms with Crippen LogP contribution in [-0.4, -0.2) is 33.9 Å². The number of hydrogen-bond donors (Lipinski definition) is 0. The van der Waals surface area contributed by atoms with Crippen LogP contribution in [0, 0.1) is 5.92 Å². The first-order valence-corrected chi connectivity index (χ1v) is 12.4. The van der Waals surface area contributed by atoms with Gasteiger partial charge in [0.15, 0.2) is 0 Å². The molecule has 0 unspecified atom stereocenters. The Labute approximate surface area is 202 Å². The third kappa shape index (κ3) is 5.00. The number of aromatic nitrogens is 2. The Morgan fingerprint density at radius 2 is 1.79 bits per heavy atom. The second-order valence-corrected chi connectivity index (χ2v) is 9.69. The topological polar surface area (TPSA) is 46.1 Å². The van der Waals surface area contributed by atoms with Crippen LogP contribution >= 0.6 is 22.9 Å². The molecule has 0 spiro atoms. The molecule has 166 valence electrons. The lowest BCUT2D eigenvalue weighted by molar-refractivity contribution is 0.0691. The van der Waals surface area contributed by atoms with E-state index in [1.165, 1.54) is 16.9 Å².